The highest BCUT2D eigenvalue weighted by molar-refractivity contribution is 6.34. The van der Waals surface area contributed by atoms with Gasteiger partial charge in [0.25, 0.3) is 0 Å². The van der Waals surface area contributed by atoms with Gasteiger partial charge in [0.15, 0.2) is 11.6 Å². The van der Waals surface area contributed by atoms with Crippen molar-refractivity contribution in [2.75, 3.05) is 0 Å². The van der Waals surface area contributed by atoms with E-state index in [4.69, 9.17) is 37.6 Å². The molecule has 2 aromatic heterocycles. The number of hydrogen-bond acceptors (Lipinski definition) is 6. The molecule has 0 saturated heterocycles. The summed E-state index contributed by atoms with van der Waals surface area (Å²) < 4.78 is 26.6. The van der Waals surface area contributed by atoms with Crippen LogP contribution in [0.1, 0.15) is 17.0 Å². The Morgan fingerprint density at radius 1 is 1.16 bits per heavy atom. The lowest BCUT2D eigenvalue weighted by Gasteiger charge is -2.13. The van der Waals surface area contributed by atoms with E-state index in [9.17, 15) is 0 Å². The third kappa shape index (κ3) is 4.53. The molecule has 4 aromatic rings. The average molecular weight is 453 g/mol. The van der Waals surface area contributed by atoms with Crippen LogP contribution >= 0.6 is 23.2 Å². The summed E-state index contributed by atoms with van der Waals surface area (Å²) in [6.45, 7) is 0. The lowest BCUT2D eigenvalue weighted by atomic mass is 9.92. The third-order valence-corrected chi connectivity index (χ3v) is 4.93. The van der Waals surface area contributed by atoms with Crippen LogP contribution in [0.15, 0.2) is 53.2 Å². The predicted molar refractivity (Wildman–Crippen MR) is 116 cm³/mol. The fourth-order valence-corrected chi connectivity index (χ4v) is 3.33. The molecule has 0 aliphatic heterocycles. The molecule has 2 heterocycles. The van der Waals surface area contributed by atoms with E-state index in [1.807, 2.05) is 6.07 Å². The smallest absolute Gasteiger partial charge is 0.249 e. The van der Waals surface area contributed by atoms with Gasteiger partial charge in [0.1, 0.15) is 13.6 Å². The van der Waals surface area contributed by atoms with Crippen LogP contribution in [-0.4, -0.2) is 23.0 Å². The van der Waals surface area contributed by atoms with Gasteiger partial charge in [0, 0.05) is 23.0 Å². The maximum atomic E-state index is 15.2. The molecule has 4 rings (SSSR count). The largest absolute Gasteiger partial charge is 0.455 e. The van der Waals surface area contributed by atoms with E-state index in [2.05, 4.69) is 15.2 Å². The highest BCUT2D eigenvalue weighted by atomic mass is 35.5. The molecule has 0 amide bonds. The number of nitriles is 1. The van der Waals surface area contributed by atoms with Crippen molar-refractivity contribution in [1.82, 2.24) is 15.2 Å². The van der Waals surface area contributed by atoms with Crippen LogP contribution in [0.2, 0.25) is 10.0 Å². The molecule has 152 valence electrons. The lowest BCUT2D eigenvalue weighted by molar-refractivity contribution is 0.440. The molecule has 2 aromatic carbocycles. The Morgan fingerprint density at radius 2 is 2.00 bits per heavy atom. The first-order chi connectivity index (χ1) is 14.9. The zero-order valence-electron chi connectivity index (χ0n) is 16.1. The van der Waals surface area contributed by atoms with Crippen LogP contribution in [0.3, 0.4) is 0 Å². The van der Waals surface area contributed by atoms with E-state index in [1.165, 1.54) is 24.4 Å². The van der Waals surface area contributed by atoms with Crippen LogP contribution < -0.4 is 10.2 Å². The van der Waals surface area contributed by atoms with E-state index < -0.39 is 5.82 Å². The Kier molecular flexibility index (Phi) is 5.89. The normalized spacial score (nSPS) is 10.6. The second kappa shape index (κ2) is 8.76. The van der Waals surface area contributed by atoms with Gasteiger partial charge >= 0.3 is 0 Å². The summed E-state index contributed by atoms with van der Waals surface area (Å²) in [7, 11) is 1.72. The van der Waals surface area contributed by atoms with Crippen molar-refractivity contribution in [2.24, 2.45) is 0 Å². The van der Waals surface area contributed by atoms with Gasteiger partial charge < -0.3 is 9.15 Å². The van der Waals surface area contributed by atoms with Crippen LogP contribution in [-0.2, 0) is 6.42 Å². The molecular formula is C21H12BCl2FN4O2. The van der Waals surface area contributed by atoms with Gasteiger partial charge in [-0.3, -0.25) is 4.98 Å². The van der Waals surface area contributed by atoms with Gasteiger partial charge in [-0.25, -0.2) is 4.39 Å². The minimum atomic E-state index is -0.569. The van der Waals surface area contributed by atoms with E-state index >= 15 is 4.39 Å². The SMILES string of the molecule is Bc1ccc(Cc2nnc(-c3ccncc3Cl)o2)c(F)c1Oc1cc(Cl)cc(C#N)c1. The van der Waals surface area contributed by atoms with Crippen molar-refractivity contribution in [2.45, 2.75) is 6.42 Å². The number of pyridine rings is 1. The van der Waals surface area contributed by atoms with Gasteiger partial charge in [-0.05, 0) is 29.7 Å². The van der Waals surface area contributed by atoms with Crippen LogP contribution in [0.5, 0.6) is 11.5 Å². The number of aromatic nitrogens is 3. The van der Waals surface area contributed by atoms with E-state index in [0.29, 0.717) is 32.2 Å². The van der Waals surface area contributed by atoms with E-state index in [0.717, 1.165) is 0 Å². The average Bonchev–Trinajstić information content (AvgIpc) is 3.21. The molecule has 0 atom stereocenters. The molecule has 0 N–H and O–H groups in total. The number of rotatable bonds is 5. The topological polar surface area (TPSA) is 84.8 Å². The summed E-state index contributed by atoms with van der Waals surface area (Å²) in [4.78, 5) is 3.91. The van der Waals surface area contributed by atoms with Crippen molar-refractivity contribution in [3.8, 4) is 29.0 Å². The van der Waals surface area contributed by atoms with Gasteiger partial charge in [-0.15, -0.1) is 10.2 Å². The summed E-state index contributed by atoms with van der Waals surface area (Å²) in [5.41, 5.74) is 1.73. The molecule has 0 aliphatic rings. The van der Waals surface area contributed by atoms with Crippen molar-refractivity contribution < 1.29 is 13.5 Å². The number of ether oxygens (including phenoxy) is 1. The highest BCUT2D eigenvalue weighted by Gasteiger charge is 2.18. The lowest BCUT2D eigenvalue weighted by Crippen LogP contribution is -2.11. The van der Waals surface area contributed by atoms with Crippen LogP contribution in [0.4, 0.5) is 4.39 Å². The van der Waals surface area contributed by atoms with Crippen LogP contribution in [0.25, 0.3) is 11.5 Å². The molecule has 0 spiro atoms. The summed E-state index contributed by atoms with van der Waals surface area (Å²) in [5.74, 6) is 0.150. The minimum Gasteiger partial charge on any atom is -0.455 e. The maximum Gasteiger partial charge on any atom is 0.249 e. The molecule has 0 bridgehead atoms. The molecular weight excluding hydrogens is 441 g/mol. The zero-order valence-corrected chi connectivity index (χ0v) is 17.6. The molecule has 0 fully saturated rings. The van der Waals surface area contributed by atoms with Crippen molar-refractivity contribution >= 4 is 36.5 Å². The second-order valence-corrected chi connectivity index (χ2v) is 7.45. The van der Waals surface area contributed by atoms with Crippen molar-refractivity contribution in [3.63, 3.8) is 0 Å². The second-order valence-electron chi connectivity index (χ2n) is 6.61. The Bertz CT molecular complexity index is 1320. The third-order valence-electron chi connectivity index (χ3n) is 4.41. The maximum absolute atomic E-state index is 15.2. The Morgan fingerprint density at radius 3 is 2.77 bits per heavy atom. The Balaban J connectivity index is 1.62. The first-order valence-electron chi connectivity index (χ1n) is 9.03. The first-order valence-corrected chi connectivity index (χ1v) is 9.79. The Labute approximate surface area is 187 Å². The number of nitrogens with zero attached hydrogens (tertiary/aromatic N) is 4. The fraction of sp³-hybridized carbons (Fsp3) is 0.0476. The monoisotopic (exact) mass is 452 g/mol. The summed E-state index contributed by atoms with van der Waals surface area (Å²) in [6, 6.07) is 11.5. The van der Waals surface area contributed by atoms with Gasteiger partial charge in [-0.1, -0.05) is 35.3 Å². The zero-order chi connectivity index (χ0) is 22.0. The van der Waals surface area contributed by atoms with Crippen LogP contribution in [0, 0.1) is 17.1 Å². The molecule has 10 heteroatoms. The van der Waals surface area contributed by atoms with E-state index in [1.54, 1.807) is 32.2 Å². The summed E-state index contributed by atoms with van der Waals surface area (Å²) in [5, 5.41) is 17.7. The number of halogens is 3. The first kappa shape index (κ1) is 20.9. The molecule has 6 nitrogen and oxygen atoms in total. The fourth-order valence-electron chi connectivity index (χ4n) is 2.90. The van der Waals surface area contributed by atoms with Gasteiger partial charge in [0.2, 0.25) is 11.8 Å². The molecule has 0 saturated carbocycles. The molecule has 0 aliphatic carbocycles. The van der Waals surface area contributed by atoms with Crippen molar-refractivity contribution in [1.29, 1.82) is 5.26 Å². The number of hydrogen-bond donors (Lipinski definition) is 0. The predicted octanol–water partition coefficient (Wildman–Crippen LogP) is 4.09. The minimum absolute atomic E-state index is 0.0283. The Hall–Kier alpha value is -3.41. The van der Waals surface area contributed by atoms with E-state index in [-0.39, 0.29) is 29.7 Å². The van der Waals surface area contributed by atoms with Gasteiger partial charge in [-0.2, -0.15) is 5.26 Å². The number of benzene rings is 2. The summed E-state index contributed by atoms with van der Waals surface area (Å²) in [6.07, 6.45) is 3.08. The summed E-state index contributed by atoms with van der Waals surface area (Å²) >= 11 is 12.1. The standard InChI is InChI=1S/C21H12BCl2FN4O2/c22-16-2-1-12(7-18-28-29-21(31-18)15-3-4-27-10-17(15)24)19(25)20(16)30-14-6-11(9-26)5-13(23)8-14/h1-6,8,10H,7,22H2. The molecule has 31 heavy (non-hydrogen) atoms. The molecule has 0 radical (unpaired) electrons. The highest BCUT2D eigenvalue weighted by Crippen LogP contribution is 2.30. The van der Waals surface area contributed by atoms with Gasteiger partial charge in [0.05, 0.1) is 28.6 Å². The molecule has 0 unspecified atom stereocenters. The quantitative estimate of drug-likeness (QED) is 0.424. The van der Waals surface area contributed by atoms with Crippen molar-refractivity contribution in [3.05, 3.63) is 81.7 Å².